The van der Waals surface area contributed by atoms with Crippen LogP contribution in [-0.4, -0.2) is 21.5 Å². The molecule has 6 rings (SSSR count). The predicted octanol–water partition coefficient (Wildman–Crippen LogP) is 6.10. The molecule has 5 aromatic rings. The third kappa shape index (κ3) is 2.62. The van der Waals surface area contributed by atoms with Gasteiger partial charge in [0.1, 0.15) is 14.8 Å². The minimum absolute atomic E-state index is 0.192. The fourth-order valence-corrected chi connectivity index (χ4v) is 6.40. The highest BCUT2D eigenvalue weighted by Crippen LogP contribution is 2.38. The summed E-state index contributed by atoms with van der Waals surface area (Å²) in [5.74, 6) is -0.449. The van der Waals surface area contributed by atoms with Gasteiger partial charge in [-0.05, 0) is 35.0 Å². The van der Waals surface area contributed by atoms with E-state index in [1.165, 1.54) is 11.3 Å². The molecule has 4 nitrogen and oxygen atoms in total. The highest BCUT2D eigenvalue weighted by atomic mass is 32.1. The zero-order valence-electron chi connectivity index (χ0n) is 14.7. The Morgan fingerprint density at radius 3 is 2.24 bits per heavy atom. The maximum absolute atomic E-state index is 12.9. The first-order chi connectivity index (χ1) is 14.2. The Hall–Kier alpha value is -3.00. The number of thiazole rings is 2. The molecule has 0 fully saturated rings. The molecule has 0 radical (unpaired) electrons. The molecule has 0 unspecified atom stereocenters. The van der Waals surface area contributed by atoms with Crippen molar-refractivity contribution >= 4 is 72.0 Å². The largest absolute Gasteiger partial charge is 0.288 e. The molecular formula is C22H10N2O2S3. The molecular weight excluding hydrogens is 420 g/mol. The molecule has 3 aromatic heterocycles. The number of nitrogens with zero attached hydrogens (tertiary/aromatic N) is 2. The van der Waals surface area contributed by atoms with E-state index >= 15 is 0 Å². The van der Waals surface area contributed by atoms with Crippen LogP contribution in [0.4, 0.5) is 0 Å². The zero-order valence-corrected chi connectivity index (χ0v) is 17.2. The summed E-state index contributed by atoms with van der Waals surface area (Å²) >= 11 is 4.65. The summed E-state index contributed by atoms with van der Waals surface area (Å²) in [6, 6.07) is 13.4. The molecule has 2 aromatic carbocycles. The van der Waals surface area contributed by atoms with Crippen molar-refractivity contribution in [3.63, 3.8) is 0 Å². The number of thiophene rings is 1. The fourth-order valence-electron chi connectivity index (χ4n) is 3.53. The van der Waals surface area contributed by atoms with Gasteiger partial charge >= 0.3 is 0 Å². The second-order valence-corrected chi connectivity index (χ2v) is 9.62. The fraction of sp³-hybridized carbons (Fsp3) is 0. The van der Waals surface area contributed by atoms with E-state index < -0.39 is 0 Å². The number of benzene rings is 2. The average molecular weight is 431 g/mol. The van der Waals surface area contributed by atoms with Crippen LogP contribution >= 0.6 is 34.0 Å². The first-order valence-corrected chi connectivity index (χ1v) is 11.3. The third-order valence-corrected chi connectivity index (χ3v) is 7.93. The van der Waals surface area contributed by atoms with Gasteiger partial charge in [0.25, 0.3) is 0 Å². The van der Waals surface area contributed by atoms with Crippen molar-refractivity contribution in [3.05, 3.63) is 75.7 Å². The number of Topliss-reactive ketones (excluding diaryl/α,β-unsaturated/α-hetero) is 2. The van der Waals surface area contributed by atoms with Crippen molar-refractivity contribution in [2.24, 2.45) is 0 Å². The van der Waals surface area contributed by atoms with Crippen LogP contribution in [0.5, 0.6) is 0 Å². The molecule has 0 saturated heterocycles. The molecule has 0 aliphatic heterocycles. The van der Waals surface area contributed by atoms with E-state index in [9.17, 15) is 9.59 Å². The molecule has 7 heteroatoms. The number of carbonyl (C=O) groups is 2. The van der Waals surface area contributed by atoms with Crippen LogP contribution in [0.3, 0.4) is 0 Å². The van der Waals surface area contributed by atoms with Crippen LogP contribution in [0.25, 0.3) is 36.3 Å². The molecule has 1 aliphatic carbocycles. The highest BCUT2D eigenvalue weighted by Gasteiger charge is 2.33. The van der Waals surface area contributed by atoms with Gasteiger partial charge in [-0.25, -0.2) is 9.97 Å². The SMILES string of the molecule is O=C1C(=Cc2nc3sc(-c4nccs4)cc3s2)C(=O)c2cc3ccccc3cc21. The van der Waals surface area contributed by atoms with Gasteiger partial charge in [0.2, 0.25) is 0 Å². The standard InChI is InChI=1S/C22H10N2O2S3/c25-19-13-7-11-3-1-2-4-12(11)8-14(13)20(26)15(19)9-18-24-22-17(28-18)10-16(29-22)21-23-5-6-27-21/h1-10H. The quantitative estimate of drug-likeness (QED) is 0.251. The third-order valence-electron chi connectivity index (χ3n) is 4.88. The smallest absolute Gasteiger partial charge is 0.197 e. The molecule has 0 spiro atoms. The van der Waals surface area contributed by atoms with Crippen molar-refractivity contribution in [2.45, 2.75) is 0 Å². The summed E-state index contributed by atoms with van der Waals surface area (Å²) in [4.78, 5) is 36.7. The van der Waals surface area contributed by atoms with Gasteiger partial charge in [-0.3, -0.25) is 9.59 Å². The second-order valence-electron chi connectivity index (χ2n) is 6.63. The molecule has 1 aliphatic rings. The van der Waals surface area contributed by atoms with E-state index in [4.69, 9.17) is 0 Å². The normalized spacial score (nSPS) is 13.6. The lowest BCUT2D eigenvalue weighted by Crippen LogP contribution is -1.99. The van der Waals surface area contributed by atoms with Crippen LogP contribution in [-0.2, 0) is 0 Å². The molecule has 0 amide bonds. The minimum atomic E-state index is -0.224. The maximum Gasteiger partial charge on any atom is 0.197 e. The molecule has 0 saturated carbocycles. The Kier molecular flexibility index (Phi) is 3.64. The lowest BCUT2D eigenvalue weighted by atomic mass is 10.0. The Labute approximate surface area is 176 Å². The number of hydrogen-bond donors (Lipinski definition) is 0. The summed E-state index contributed by atoms with van der Waals surface area (Å²) in [6.07, 6.45) is 3.42. The van der Waals surface area contributed by atoms with E-state index in [1.807, 2.05) is 41.8 Å². The summed E-state index contributed by atoms with van der Waals surface area (Å²) in [7, 11) is 0. The van der Waals surface area contributed by atoms with Crippen LogP contribution in [0, 0.1) is 0 Å². The maximum atomic E-state index is 12.9. The van der Waals surface area contributed by atoms with Crippen molar-refractivity contribution in [2.75, 3.05) is 0 Å². The number of hydrogen-bond acceptors (Lipinski definition) is 7. The van der Waals surface area contributed by atoms with E-state index in [2.05, 4.69) is 16.0 Å². The van der Waals surface area contributed by atoms with E-state index in [-0.39, 0.29) is 17.1 Å². The van der Waals surface area contributed by atoms with Gasteiger partial charge in [0, 0.05) is 22.7 Å². The summed E-state index contributed by atoms with van der Waals surface area (Å²) in [5.41, 5.74) is 1.14. The van der Waals surface area contributed by atoms with E-state index in [1.54, 1.807) is 34.9 Å². The topological polar surface area (TPSA) is 59.9 Å². The molecule has 0 bridgehead atoms. The number of allylic oxidation sites excluding steroid dienone is 1. The molecule has 138 valence electrons. The van der Waals surface area contributed by atoms with Crippen molar-refractivity contribution in [3.8, 4) is 9.88 Å². The van der Waals surface area contributed by atoms with Crippen LogP contribution < -0.4 is 0 Å². The predicted molar refractivity (Wildman–Crippen MR) is 119 cm³/mol. The summed E-state index contributed by atoms with van der Waals surface area (Å²) < 4.78 is 1.04. The lowest BCUT2D eigenvalue weighted by molar-refractivity contribution is 0.0990. The van der Waals surface area contributed by atoms with Crippen LogP contribution in [0.2, 0.25) is 0 Å². The second kappa shape index (κ2) is 6.25. The van der Waals surface area contributed by atoms with Crippen LogP contribution in [0.15, 0.2) is 59.6 Å². The van der Waals surface area contributed by atoms with Gasteiger partial charge in [0.15, 0.2) is 11.6 Å². The number of fused-ring (bicyclic) bond motifs is 3. The first-order valence-electron chi connectivity index (χ1n) is 8.81. The average Bonchev–Trinajstić information content (AvgIpc) is 3.48. The van der Waals surface area contributed by atoms with Crippen molar-refractivity contribution < 1.29 is 9.59 Å². The molecule has 29 heavy (non-hydrogen) atoms. The Balaban J connectivity index is 1.41. The Bertz CT molecular complexity index is 1400. The van der Waals surface area contributed by atoms with Crippen LogP contribution in [0.1, 0.15) is 25.7 Å². The Morgan fingerprint density at radius 2 is 1.62 bits per heavy atom. The zero-order chi connectivity index (χ0) is 19.5. The first kappa shape index (κ1) is 16.9. The number of rotatable bonds is 2. The summed E-state index contributed by atoms with van der Waals surface area (Å²) in [6.45, 7) is 0. The van der Waals surface area contributed by atoms with Gasteiger partial charge in [-0.15, -0.1) is 34.0 Å². The monoisotopic (exact) mass is 430 g/mol. The number of ketones is 2. The van der Waals surface area contributed by atoms with E-state index in [0.717, 1.165) is 30.2 Å². The van der Waals surface area contributed by atoms with Gasteiger partial charge in [-0.2, -0.15) is 0 Å². The molecule has 0 N–H and O–H groups in total. The molecule has 3 heterocycles. The van der Waals surface area contributed by atoms with Gasteiger partial charge in [0.05, 0.1) is 15.2 Å². The van der Waals surface area contributed by atoms with E-state index in [0.29, 0.717) is 16.1 Å². The van der Waals surface area contributed by atoms with Crippen molar-refractivity contribution in [1.82, 2.24) is 9.97 Å². The minimum Gasteiger partial charge on any atom is -0.288 e. The summed E-state index contributed by atoms with van der Waals surface area (Å²) in [5, 5.41) is 5.51. The Morgan fingerprint density at radius 1 is 0.897 bits per heavy atom. The van der Waals surface area contributed by atoms with Gasteiger partial charge in [-0.1, -0.05) is 24.3 Å². The highest BCUT2D eigenvalue weighted by molar-refractivity contribution is 7.30. The number of aromatic nitrogens is 2. The van der Waals surface area contributed by atoms with Crippen molar-refractivity contribution in [1.29, 1.82) is 0 Å². The van der Waals surface area contributed by atoms with Gasteiger partial charge < -0.3 is 0 Å². The number of carbonyl (C=O) groups excluding carboxylic acids is 2. The lowest BCUT2D eigenvalue weighted by Gasteiger charge is -2.00. The molecule has 0 atom stereocenters.